The standard InChI is InChI=1S/C8H3BrClF3O/c9-5-3-4(1-2-6(5)10)7(14)8(11,12)13/h1-3H. The van der Waals surface area contributed by atoms with Gasteiger partial charge in [0.1, 0.15) is 0 Å². The molecule has 0 aromatic heterocycles. The fraction of sp³-hybridized carbons (Fsp3) is 0.125. The van der Waals surface area contributed by atoms with Gasteiger partial charge in [0.25, 0.3) is 5.78 Å². The molecule has 14 heavy (non-hydrogen) atoms. The van der Waals surface area contributed by atoms with E-state index in [-0.39, 0.29) is 9.50 Å². The lowest BCUT2D eigenvalue weighted by Crippen LogP contribution is -2.22. The van der Waals surface area contributed by atoms with E-state index in [4.69, 9.17) is 11.6 Å². The first kappa shape index (κ1) is 11.5. The fourth-order valence-corrected chi connectivity index (χ4v) is 1.30. The normalized spacial score (nSPS) is 11.5. The smallest absolute Gasteiger partial charge is 0.284 e. The average molecular weight is 287 g/mol. The molecule has 0 aliphatic carbocycles. The summed E-state index contributed by atoms with van der Waals surface area (Å²) in [5, 5.41) is 0.253. The average Bonchev–Trinajstić information content (AvgIpc) is 2.07. The van der Waals surface area contributed by atoms with Gasteiger partial charge in [0.2, 0.25) is 0 Å². The van der Waals surface area contributed by atoms with Gasteiger partial charge in [0.15, 0.2) is 0 Å². The maximum absolute atomic E-state index is 12.0. The van der Waals surface area contributed by atoms with Crippen molar-refractivity contribution in [1.82, 2.24) is 0 Å². The third-order valence-corrected chi connectivity index (χ3v) is 2.65. The van der Waals surface area contributed by atoms with E-state index < -0.39 is 17.5 Å². The summed E-state index contributed by atoms with van der Waals surface area (Å²) in [4.78, 5) is 10.7. The first-order valence-corrected chi connectivity index (χ1v) is 4.56. The lowest BCUT2D eigenvalue weighted by molar-refractivity contribution is -0.0885. The van der Waals surface area contributed by atoms with Gasteiger partial charge in [-0.25, -0.2) is 0 Å². The maximum Gasteiger partial charge on any atom is 0.454 e. The molecule has 0 spiro atoms. The second-order valence-corrected chi connectivity index (χ2v) is 3.72. The summed E-state index contributed by atoms with van der Waals surface area (Å²) in [5.74, 6) is -1.88. The highest BCUT2D eigenvalue weighted by Gasteiger charge is 2.39. The molecule has 0 fully saturated rings. The van der Waals surface area contributed by atoms with Crippen molar-refractivity contribution in [3.8, 4) is 0 Å². The molecular weight excluding hydrogens is 284 g/mol. The summed E-state index contributed by atoms with van der Waals surface area (Å²) in [7, 11) is 0. The van der Waals surface area contributed by atoms with Crippen LogP contribution in [-0.4, -0.2) is 12.0 Å². The third-order valence-electron chi connectivity index (χ3n) is 1.44. The second kappa shape index (κ2) is 3.90. The van der Waals surface area contributed by atoms with Crippen LogP contribution in [0.2, 0.25) is 5.02 Å². The second-order valence-electron chi connectivity index (χ2n) is 2.46. The molecule has 1 rings (SSSR count). The van der Waals surface area contributed by atoms with Crippen molar-refractivity contribution >= 4 is 33.3 Å². The molecule has 76 valence electrons. The summed E-state index contributed by atoms with van der Waals surface area (Å²) < 4.78 is 36.2. The molecule has 0 saturated carbocycles. The SMILES string of the molecule is O=C(c1ccc(Cl)c(Br)c1)C(F)(F)F. The zero-order chi connectivity index (χ0) is 10.9. The van der Waals surface area contributed by atoms with Gasteiger partial charge in [-0.15, -0.1) is 0 Å². The molecule has 0 radical (unpaired) electrons. The summed E-state index contributed by atoms with van der Waals surface area (Å²) in [5.41, 5.74) is -0.436. The Balaban J connectivity index is 3.10. The van der Waals surface area contributed by atoms with E-state index in [0.29, 0.717) is 0 Å². The van der Waals surface area contributed by atoms with E-state index in [1.165, 1.54) is 6.07 Å². The summed E-state index contributed by atoms with van der Waals surface area (Å²) >= 11 is 8.49. The quantitative estimate of drug-likeness (QED) is 0.717. The number of alkyl halides is 3. The van der Waals surface area contributed by atoms with Gasteiger partial charge in [0, 0.05) is 10.0 Å². The predicted molar refractivity (Wildman–Crippen MR) is 49.5 cm³/mol. The largest absolute Gasteiger partial charge is 0.454 e. The molecule has 0 atom stereocenters. The third kappa shape index (κ3) is 2.48. The predicted octanol–water partition coefficient (Wildman–Crippen LogP) is 3.85. The van der Waals surface area contributed by atoms with Gasteiger partial charge in [-0.1, -0.05) is 11.6 Å². The number of carbonyl (C=O) groups is 1. The van der Waals surface area contributed by atoms with Gasteiger partial charge >= 0.3 is 6.18 Å². The molecule has 1 aromatic rings. The Labute approximate surface area is 91.0 Å². The molecule has 6 heteroatoms. The minimum absolute atomic E-state index is 0.253. The van der Waals surface area contributed by atoms with Gasteiger partial charge in [-0.2, -0.15) is 13.2 Å². The number of halogens is 5. The number of benzene rings is 1. The highest BCUT2D eigenvalue weighted by atomic mass is 79.9. The number of Topliss-reactive ketones (excluding diaryl/α,β-unsaturated/α-hetero) is 1. The topological polar surface area (TPSA) is 17.1 Å². The van der Waals surface area contributed by atoms with Crippen LogP contribution in [-0.2, 0) is 0 Å². The van der Waals surface area contributed by atoms with Crippen LogP contribution in [0.15, 0.2) is 22.7 Å². The van der Waals surface area contributed by atoms with E-state index in [9.17, 15) is 18.0 Å². The van der Waals surface area contributed by atoms with Crippen LogP contribution in [0.25, 0.3) is 0 Å². The molecule has 1 nitrogen and oxygen atoms in total. The molecule has 0 amide bonds. The fourth-order valence-electron chi connectivity index (χ4n) is 0.801. The maximum atomic E-state index is 12.0. The van der Waals surface area contributed by atoms with E-state index in [2.05, 4.69) is 15.9 Å². The Kier molecular flexibility index (Phi) is 3.21. The van der Waals surface area contributed by atoms with Crippen molar-refractivity contribution in [1.29, 1.82) is 0 Å². The zero-order valence-electron chi connectivity index (χ0n) is 6.53. The Hall–Kier alpha value is -0.550. The molecule has 0 unspecified atom stereocenters. The molecule has 0 saturated heterocycles. The van der Waals surface area contributed by atoms with Crippen molar-refractivity contribution in [2.24, 2.45) is 0 Å². The molecular formula is C8H3BrClF3O. The molecule has 0 N–H and O–H groups in total. The Morgan fingerprint density at radius 1 is 1.36 bits per heavy atom. The van der Waals surface area contributed by atoms with E-state index in [1.54, 1.807) is 0 Å². The number of hydrogen-bond donors (Lipinski definition) is 0. The van der Waals surface area contributed by atoms with Crippen molar-refractivity contribution in [2.75, 3.05) is 0 Å². The number of ketones is 1. The van der Waals surface area contributed by atoms with Crippen LogP contribution in [0.4, 0.5) is 13.2 Å². The number of rotatable bonds is 1. The van der Waals surface area contributed by atoms with Crippen LogP contribution in [0.5, 0.6) is 0 Å². The zero-order valence-corrected chi connectivity index (χ0v) is 8.87. The molecule has 0 aliphatic heterocycles. The summed E-state index contributed by atoms with van der Waals surface area (Å²) in [6, 6.07) is 3.30. The summed E-state index contributed by atoms with van der Waals surface area (Å²) in [6.45, 7) is 0. The minimum Gasteiger partial charge on any atom is -0.284 e. The van der Waals surface area contributed by atoms with Gasteiger partial charge < -0.3 is 0 Å². The Morgan fingerprint density at radius 2 is 1.93 bits per heavy atom. The minimum atomic E-state index is -4.85. The molecule has 0 heterocycles. The highest BCUT2D eigenvalue weighted by Crippen LogP contribution is 2.27. The monoisotopic (exact) mass is 286 g/mol. The lowest BCUT2D eigenvalue weighted by Gasteiger charge is -2.05. The van der Waals surface area contributed by atoms with E-state index in [0.717, 1.165) is 12.1 Å². The van der Waals surface area contributed by atoms with Crippen LogP contribution < -0.4 is 0 Å². The van der Waals surface area contributed by atoms with Crippen LogP contribution >= 0.6 is 27.5 Å². The Bertz CT molecular complexity index is 375. The van der Waals surface area contributed by atoms with Gasteiger partial charge in [-0.05, 0) is 34.1 Å². The highest BCUT2D eigenvalue weighted by molar-refractivity contribution is 9.10. The molecule has 0 aliphatic rings. The molecule has 1 aromatic carbocycles. The van der Waals surface area contributed by atoms with Gasteiger partial charge in [-0.3, -0.25) is 4.79 Å². The van der Waals surface area contributed by atoms with Crippen LogP contribution in [0.1, 0.15) is 10.4 Å². The first-order chi connectivity index (χ1) is 6.32. The van der Waals surface area contributed by atoms with Crippen molar-refractivity contribution in [2.45, 2.75) is 6.18 Å². The van der Waals surface area contributed by atoms with Crippen molar-refractivity contribution in [3.63, 3.8) is 0 Å². The van der Waals surface area contributed by atoms with E-state index >= 15 is 0 Å². The summed E-state index contributed by atoms with van der Waals surface area (Å²) in [6.07, 6.45) is -4.85. The number of carbonyl (C=O) groups excluding carboxylic acids is 1. The van der Waals surface area contributed by atoms with Crippen LogP contribution in [0, 0.1) is 0 Å². The first-order valence-electron chi connectivity index (χ1n) is 3.39. The van der Waals surface area contributed by atoms with Crippen LogP contribution in [0.3, 0.4) is 0 Å². The van der Waals surface area contributed by atoms with E-state index in [1.807, 2.05) is 0 Å². The van der Waals surface area contributed by atoms with Crippen molar-refractivity contribution < 1.29 is 18.0 Å². The van der Waals surface area contributed by atoms with Gasteiger partial charge in [0.05, 0.1) is 5.02 Å². The Morgan fingerprint density at radius 3 is 2.36 bits per heavy atom. The molecule has 0 bridgehead atoms. The lowest BCUT2D eigenvalue weighted by atomic mass is 10.1. The van der Waals surface area contributed by atoms with Crippen molar-refractivity contribution in [3.05, 3.63) is 33.3 Å². The number of hydrogen-bond acceptors (Lipinski definition) is 1.